The van der Waals surface area contributed by atoms with E-state index in [4.69, 9.17) is 0 Å². The van der Waals surface area contributed by atoms with Crippen molar-refractivity contribution in [3.05, 3.63) is 11.9 Å². The Morgan fingerprint density at radius 3 is 3.13 bits per heavy atom. The van der Waals surface area contributed by atoms with Crippen LogP contribution >= 0.6 is 0 Å². The van der Waals surface area contributed by atoms with Crippen molar-refractivity contribution in [3.8, 4) is 0 Å². The maximum Gasteiger partial charge on any atom is 0.0967 e. The summed E-state index contributed by atoms with van der Waals surface area (Å²) in [5.41, 5.74) is 1.07. The van der Waals surface area contributed by atoms with Gasteiger partial charge in [-0.2, -0.15) is 0 Å². The fraction of sp³-hybridized carbons (Fsp3) is 0.800. The van der Waals surface area contributed by atoms with Gasteiger partial charge in [0.25, 0.3) is 0 Å². The van der Waals surface area contributed by atoms with Crippen LogP contribution in [0.2, 0.25) is 0 Å². The van der Waals surface area contributed by atoms with E-state index < -0.39 is 0 Å². The summed E-state index contributed by atoms with van der Waals surface area (Å²) in [5, 5.41) is 11.3. The number of likely N-dealkylation sites (tertiary alicyclic amines) is 1. The fourth-order valence-corrected chi connectivity index (χ4v) is 2.21. The van der Waals surface area contributed by atoms with E-state index in [2.05, 4.69) is 20.5 Å². The minimum atomic E-state index is 0.798. The van der Waals surface area contributed by atoms with E-state index in [1.807, 2.05) is 20.3 Å². The van der Waals surface area contributed by atoms with E-state index in [-0.39, 0.29) is 0 Å². The molecule has 0 amide bonds. The first-order valence-corrected chi connectivity index (χ1v) is 5.50. The molecule has 2 heterocycles. The van der Waals surface area contributed by atoms with Crippen LogP contribution in [0.5, 0.6) is 0 Å². The molecule has 15 heavy (non-hydrogen) atoms. The van der Waals surface area contributed by atoms with E-state index >= 15 is 0 Å². The van der Waals surface area contributed by atoms with Gasteiger partial charge in [-0.3, -0.25) is 9.58 Å². The molecular formula is C10H19N5. The highest BCUT2D eigenvalue weighted by molar-refractivity contribution is 4.93. The van der Waals surface area contributed by atoms with Crippen LogP contribution in [-0.4, -0.2) is 46.6 Å². The summed E-state index contributed by atoms with van der Waals surface area (Å²) in [7, 11) is 3.93. The van der Waals surface area contributed by atoms with Gasteiger partial charge in [0.15, 0.2) is 0 Å². The molecule has 0 radical (unpaired) electrons. The first kappa shape index (κ1) is 10.6. The zero-order valence-electron chi connectivity index (χ0n) is 9.48. The van der Waals surface area contributed by atoms with Crippen LogP contribution in [0.15, 0.2) is 6.20 Å². The quantitative estimate of drug-likeness (QED) is 0.749. The molecule has 1 N–H and O–H groups in total. The van der Waals surface area contributed by atoms with Crippen molar-refractivity contribution >= 4 is 0 Å². The van der Waals surface area contributed by atoms with Crippen LogP contribution in [0.3, 0.4) is 0 Å². The van der Waals surface area contributed by atoms with Crippen molar-refractivity contribution < 1.29 is 0 Å². The van der Waals surface area contributed by atoms with Crippen molar-refractivity contribution in [2.75, 3.05) is 26.7 Å². The molecular weight excluding hydrogens is 190 g/mol. The summed E-state index contributed by atoms with van der Waals surface area (Å²) in [6.07, 6.45) is 3.28. The molecule has 84 valence electrons. The Morgan fingerprint density at radius 1 is 1.60 bits per heavy atom. The minimum Gasteiger partial charge on any atom is -0.319 e. The van der Waals surface area contributed by atoms with Crippen LogP contribution in [0.1, 0.15) is 12.1 Å². The number of hydrogen-bond acceptors (Lipinski definition) is 4. The number of nitrogens with one attached hydrogen (secondary N) is 1. The van der Waals surface area contributed by atoms with Gasteiger partial charge in [0, 0.05) is 26.3 Å². The molecule has 0 aliphatic carbocycles. The lowest BCUT2D eigenvalue weighted by Gasteiger charge is -2.13. The van der Waals surface area contributed by atoms with E-state index in [0.717, 1.165) is 24.7 Å². The topological polar surface area (TPSA) is 46.0 Å². The summed E-state index contributed by atoms with van der Waals surface area (Å²) in [6, 6.07) is 0. The Balaban J connectivity index is 1.82. The van der Waals surface area contributed by atoms with Crippen LogP contribution < -0.4 is 5.32 Å². The fourth-order valence-electron chi connectivity index (χ4n) is 2.21. The van der Waals surface area contributed by atoms with Gasteiger partial charge in [0.1, 0.15) is 0 Å². The average Bonchev–Trinajstić information content (AvgIpc) is 2.78. The van der Waals surface area contributed by atoms with Crippen LogP contribution in [-0.2, 0) is 13.6 Å². The van der Waals surface area contributed by atoms with E-state index in [0.29, 0.717) is 0 Å². The van der Waals surface area contributed by atoms with Crippen LogP contribution in [0, 0.1) is 5.92 Å². The van der Waals surface area contributed by atoms with E-state index in [9.17, 15) is 0 Å². The molecule has 1 aliphatic rings. The second-order valence-electron chi connectivity index (χ2n) is 4.33. The summed E-state index contributed by atoms with van der Waals surface area (Å²) < 4.78 is 1.76. The van der Waals surface area contributed by atoms with Crippen LogP contribution in [0.4, 0.5) is 0 Å². The Labute approximate surface area is 90.5 Å². The van der Waals surface area contributed by atoms with Gasteiger partial charge in [-0.1, -0.05) is 5.21 Å². The molecule has 1 unspecified atom stereocenters. The number of aryl methyl sites for hydroxylation is 1. The summed E-state index contributed by atoms with van der Waals surface area (Å²) in [5.74, 6) is 0.798. The molecule has 0 spiro atoms. The molecule has 0 saturated carbocycles. The summed E-state index contributed by atoms with van der Waals surface area (Å²) in [6.45, 7) is 4.42. The maximum absolute atomic E-state index is 4.11. The maximum atomic E-state index is 4.11. The van der Waals surface area contributed by atoms with Gasteiger partial charge in [-0.05, 0) is 32.5 Å². The van der Waals surface area contributed by atoms with Crippen molar-refractivity contribution in [1.82, 2.24) is 25.2 Å². The summed E-state index contributed by atoms with van der Waals surface area (Å²) >= 11 is 0. The number of aromatic nitrogens is 3. The van der Waals surface area contributed by atoms with Crippen molar-refractivity contribution in [2.45, 2.75) is 13.0 Å². The van der Waals surface area contributed by atoms with Crippen molar-refractivity contribution in [1.29, 1.82) is 0 Å². The number of nitrogens with zero attached hydrogens (tertiary/aromatic N) is 4. The lowest BCUT2D eigenvalue weighted by Crippen LogP contribution is -2.24. The van der Waals surface area contributed by atoms with Crippen molar-refractivity contribution in [2.24, 2.45) is 13.0 Å². The third-order valence-corrected chi connectivity index (χ3v) is 2.90. The normalized spacial score (nSPS) is 22.4. The molecule has 1 atom stereocenters. The number of hydrogen-bond donors (Lipinski definition) is 1. The third-order valence-electron chi connectivity index (χ3n) is 2.90. The number of rotatable bonds is 4. The van der Waals surface area contributed by atoms with E-state index in [1.54, 1.807) is 4.68 Å². The second kappa shape index (κ2) is 4.72. The Bertz CT molecular complexity index is 309. The van der Waals surface area contributed by atoms with Gasteiger partial charge >= 0.3 is 0 Å². The Kier molecular flexibility index (Phi) is 3.33. The Hall–Kier alpha value is -0.940. The highest BCUT2D eigenvalue weighted by atomic mass is 15.4. The molecule has 5 nitrogen and oxygen atoms in total. The van der Waals surface area contributed by atoms with Crippen molar-refractivity contribution in [3.63, 3.8) is 0 Å². The first-order chi connectivity index (χ1) is 7.28. The van der Waals surface area contributed by atoms with Gasteiger partial charge in [-0.15, -0.1) is 5.10 Å². The molecule has 2 rings (SSSR count). The molecule has 1 aromatic heterocycles. The van der Waals surface area contributed by atoms with Gasteiger partial charge in [-0.25, -0.2) is 0 Å². The standard InChI is InChI=1S/C10H19N5/c1-11-5-9-3-4-15(6-9)8-10-7-14(2)13-12-10/h7,9,11H,3-6,8H2,1-2H3. The van der Waals surface area contributed by atoms with Gasteiger partial charge < -0.3 is 5.32 Å². The third kappa shape index (κ3) is 2.76. The average molecular weight is 209 g/mol. The molecule has 1 aliphatic heterocycles. The summed E-state index contributed by atoms with van der Waals surface area (Å²) in [4.78, 5) is 2.45. The zero-order valence-corrected chi connectivity index (χ0v) is 9.48. The second-order valence-corrected chi connectivity index (χ2v) is 4.33. The molecule has 5 heteroatoms. The SMILES string of the molecule is CNCC1CCN(Cc2cn(C)nn2)C1. The first-order valence-electron chi connectivity index (χ1n) is 5.50. The molecule has 1 aromatic rings. The monoisotopic (exact) mass is 209 g/mol. The highest BCUT2D eigenvalue weighted by Gasteiger charge is 2.22. The predicted molar refractivity (Wildman–Crippen MR) is 58.3 cm³/mol. The smallest absolute Gasteiger partial charge is 0.0967 e. The zero-order chi connectivity index (χ0) is 10.7. The van der Waals surface area contributed by atoms with Crippen LogP contribution in [0.25, 0.3) is 0 Å². The van der Waals surface area contributed by atoms with E-state index in [1.165, 1.54) is 19.5 Å². The lowest BCUT2D eigenvalue weighted by atomic mass is 10.1. The largest absolute Gasteiger partial charge is 0.319 e. The molecule has 1 fully saturated rings. The Morgan fingerprint density at radius 2 is 2.47 bits per heavy atom. The van der Waals surface area contributed by atoms with Gasteiger partial charge in [0.2, 0.25) is 0 Å². The minimum absolute atomic E-state index is 0.798. The highest BCUT2D eigenvalue weighted by Crippen LogP contribution is 2.16. The molecule has 1 saturated heterocycles. The van der Waals surface area contributed by atoms with Gasteiger partial charge in [0.05, 0.1) is 5.69 Å². The lowest BCUT2D eigenvalue weighted by molar-refractivity contribution is 0.311. The predicted octanol–water partition coefficient (Wildman–Crippen LogP) is -0.144. The molecule has 0 aromatic carbocycles. The molecule has 0 bridgehead atoms.